The van der Waals surface area contributed by atoms with E-state index >= 15 is 0 Å². The largest absolute Gasteiger partial charge is 2.00 e. The summed E-state index contributed by atoms with van der Waals surface area (Å²) in [6.45, 7) is 0. The van der Waals surface area contributed by atoms with Gasteiger partial charge >= 0.3 is 19.5 Å². The van der Waals surface area contributed by atoms with Crippen LogP contribution in [0.1, 0.15) is 0 Å². The molecule has 0 atom stereocenters. The Bertz CT molecular complexity index is 154. The quantitative estimate of drug-likeness (QED) is 0.441. The van der Waals surface area contributed by atoms with E-state index in [0.717, 1.165) is 0 Å². The van der Waals surface area contributed by atoms with Gasteiger partial charge < -0.3 is 24.8 Å². The zero-order valence-electron chi connectivity index (χ0n) is 7.39. The minimum Gasteiger partial charge on any atom is -1.00 e. The van der Waals surface area contributed by atoms with Gasteiger partial charge in [-0.1, -0.05) is 36.4 Å². The molecule has 0 aliphatic heterocycles. The molecule has 0 fully saturated rings. The standard InChI is InChI=1S/C6H6.C2H6OS.2ClH.Ru/c1-2-4-6-5-3-1;1-4(2)3;;;/h1-6H;1-2H3;2*1H;/q;;;;+2/p-2. The Balaban J connectivity index is -0.0000000536. The molecule has 0 amide bonds. The van der Waals surface area contributed by atoms with Crippen LogP contribution in [0.3, 0.4) is 0 Å². The smallest absolute Gasteiger partial charge is 1.00 e. The van der Waals surface area contributed by atoms with Crippen molar-refractivity contribution in [3.8, 4) is 0 Å². The predicted octanol–water partition coefficient (Wildman–Crippen LogP) is -4.31. The molecule has 1 aromatic carbocycles. The molecule has 13 heavy (non-hydrogen) atoms. The Kier molecular flexibility index (Phi) is 33.1. The summed E-state index contributed by atoms with van der Waals surface area (Å²) in [5, 5.41) is 0. The van der Waals surface area contributed by atoms with Crippen LogP contribution in [0.5, 0.6) is 0 Å². The molecule has 1 aromatic rings. The normalized spacial score (nSPS) is 6.38. The van der Waals surface area contributed by atoms with Gasteiger partial charge in [-0.15, -0.1) is 0 Å². The second-order valence-corrected chi connectivity index (χ2v) is 3.38. The Hall–Kier alpha value is 0.573. The molecular formula is C8H12Cl2ORuS. The number of rotatable bonds is 0. The summed E-state index contributed by atoms with van der Waals surface area (Å²) in [4.78, 5) is 0. The number of halogens is 2. The molecule has 0 bridgehead atoms. The maximum atomic E-state index is 9.56. The zero-order valence-corrected chi connectivity index (χ0v) is 11.5. The summed E-state index contributed by atoms with van der Waals surface area (Å²) in [5.74, 6) is 0. The SMILES string of the molecule is CS(C)=O.[Cl-].[Cl-].[Ru+2].c1ccccc1. The van der Waals surface area contributed by atoms with E-state index in [2.05, 4.69) is 0 Å². The van der Waals surface area contributed by atoms with Crippen LogP contribution in [0.25, 0.3) is 0 Å². The maximum absolute atomic E-state index is 9.56. The molecule has 0 aromatic heterocycles. The van der Waals surface area contributed by atoms with Crippen molar-refractivity contribution < 1.29 is 48.5 Å². The van der Waals surface area contributed by atoms with Crippen LogP contribution in [0.2, 0.25) is 0 Å². The molecule has 0 unspecified atom stereocenters. The number of benzene rings is 1. The first kappa shape index (κ1) is 23.4. The third-order valence-electron chi connectivity index (χ3n) is 0.667. The van der Waals surface area contributed by atoms with Crippen molar-refractivity contribution in [3.05, 3.63) is 36.4 Å². The van der Waals surface area contributed by atoms with Crippen LogP contribution < -0.4 is 24.8 Å². The van der Waals surface area contributed by atoms with E-state index in [4.69, 9.17) is 0 Å². The third-order valence-corrected chi connectivity index (χ3v) is 0.667. The summed E-state index contributed by atoms with van der Waals surface area (Å²) < 4.78 is 9.56. The fraction of sp³-hybridized carbons (Fsp3) is 0.250. The first-order valence-electron chi connectivity index (χ1n) is 2.98. The molecule has 0 radical (unpaired) electrons. The molecule has 1 nitrogen and oxygen atoms in total. The predicted molar refractivity (Wildman–Crippen MR) is 46.4 cm³/mol. The molecule has 78 valence electrons. The molecule has 0 heterocycles. The Morgan fingerprint density at radius 2 is 0.846 bits per heavy atom. The van der Waals surface area contributed by atoms with Crippen molar-refractivity contribution in [2.75, 3.05) is 12.5 Å². The van der Waals surface area contributed by atoms with Gasteiger partial charge in [-0.05, 0) is 0 Å². The first-order valence-corrected chi connectivity index (χ1v) is 4.95. The molecule has 0 spiro atoms. The maximum Gasteiger partial charge on any atom is 2.00 e. The Morgan fingerprint density at radius 3 is 0.923 bits per heavy atom. The monoisotopic (exact) mass is 328 g/mol. The van der Waals surface area contributed by atoms with Crippen molar-refractivity contribution in [2.45, 2.75) is 0 Å². The van der Waals surface area contributed by atoms with Crippen molar-refractivity contribution in [2.24, 2.45) is 0 Å². The van der Waals surface area contributed by atoms with Gasteiger partial charge in [-0.2, -0.15) is 0 Å². The first-order chi connectivity index (χ1) is 4.73. The summed E-state index contributed by atoms with van der Waals surface area (Å²) in [7, 11) is -0.611. The van der Waals surface area contributed by atoms with Crippen LogP contribution in [-0.2, 0) is 30.3 Å². The molecule has 0 aliphatic rings. The Morgan fingerprint density at radius 1 is 0.769 bits per heavy atom. The van der Waals surface area contributed by atoms with E-state index in [1.54, 1.807) is 12.5 Å². The van der Waals surface area contributed by atoms with Gasteiger partial charge in [0.15, 0.2) is 0 Å². The van der Waals surface area contributed by atoms with E-state index in [0.29, 0.717) is 0 Å². The topological polar surface area (TPSA) is 17.1 Å². The van der Waals surface area contributed by atoms with Crippen LogP contribution in [-0.4, -0.2) is 16.7 Å². The van der Waals surface area contributed by atoms with E-state index in [9.17, 15) is 4.21 Å². The summed E-state index contributed by atoms with van der Waals surface area (Å²) >= 11 is 0. The van der Waals surface area contributed by atoms with Crippen molar-refractivity contribution in [1.29, 1.82) is 0 Å². The van der Waals surface area contributed by atoms with Crippen molar-refractivity contribution in [3.63, 3.8) is 0 Å². The number of hydrogen-bond donors (Lipinski definition) is 0. The zero-order chi connectivity index (χ0) is 7.82. The van der Waals surface area contributed by atoms with Crippen LogP contribution in [0.4, 0.5) is 0 Å². The second-order valence-electron chi connectivity index (χ2n) is 1.90. The fourth-order valence-corrected chi connectivity index (χ4v) is 0.385. The summed E-state index contributed by atoms with van der Waals surface area (Å²) in [6, 6.07) is 12.0. The molecule has 1 rings (SSSR count). The number of hydrogen-bond acceptors (Lipinski definition) is 1. The van der Waals surface area contributed by atoms with Gasteiger partial charge in [0.05, 0.1) is 0 Å². The minimum absolute atomic E-state index is 0. The van der Waals surface area contributed by atoms with E-state index in [1.165, 1.54) is 0 Å². The van der Waals surface area contributed by atoms with Gasteiger partial charge in [0.25, 0.3) is 0 Å². The molecule has 0 aliphatic carbocycles. The van der Waals surface area contributed by atoms with Gasteiger partial charge in [-0.25, -0.2) is 0 Å². The summed E-state index contributed by atoms with van der Waals surface area (Å²) in [5.41, 5.74) is 0. The third kappa shape index (κ3) is 32.5. The van der Waals surface area contributed by atoms with Gasteiger partial charge in [0, 0.05) is 23.3 Å². The van der Waals surface area contributed by atoms with Gasteiger partial charge in [0.1, 0.15) is 0 Å². The minimum atomic E-state index is -0.611. The van der Waals surface area contributed by atoms with Crippen LogP contribution in [0.15, 0.2) is 36.4 Å². The molecule has 5 heteroatoms. The van der Waals surface area contributed by atoms with Crippen molar-refractivity contribution >= 4 is 10.8 Å². The fourth-order valence-electron chi connectivity index (χ4n) is 0.385. The molecule has 0 saturated heterocycles. The molecule has 0 N–H and O–H groups in total. The van der Waals surface area contributed by atoms with Gasteiger partial charge in [0.2, 0.25) is 0 Å². The van der Waals surface area contributed by atoms with Crippen LogP contribution >= 0.6 is 0 Å². The second kappa shape index (κ2) is 18.4. The van der Waals surface area contributed by atoms with Crippen LogP contribution in [0, 0.1) is 0 Å². The average molecular weight is 328 g/mol. The van der Waals surface area contributed by atoms with E-state index in [1.807, 2.05) is 36.4 Å². The molecule has 0 saturated carbocycles. The Labute approximate surface area is 108 Å². The van der Waals surface area contributed by atoms with E-state index < -0.39 is 10.8 Å². The van der Waals surface area contributed by atoms with E-state index in [-0.39, 0.29) is 44.3 Å². The molecular weight excluding hydrogens is 316 g/mol. The van der Waals surface area contributed by atoms with Crippen molar-refractivity contribution in [1.82, 2.24) is 0 Å². The average Bonchev–Trinajstić information content (AvgIpc) is 1.90. The summed E-state index contributed by atoms with van der Waals surface area (Å²) in [6.07, 6.45) is 3.28. The van der Waals surface area contributed by atoms with Gasteiger partial charge in [-0.3, -0.25) is 4.21 Å².